The Balaban J connectivity index is 1.80. The maximum atomic E-state index is 12.3. The van der Waals surface area contributed by atoms with Crippen LogP contribution in [0, 0.1) is 0 Å². The fraction of sp³-hybridized carbons (Fsp3) is 0.938. The molecule has 2 fully saturated rings. The number of rotatable bonds is 5. The van der Waals surface area contributed by atoms with Gasteiger partial charge >= 0.3 is 0 Å². The molecule has 22 heavy (non-hydrogen) atoms. The van der Waals surface area contributed by atoms with Gasteiger partial charge in [-0.3, -0.25) is 9.69 Å². The number of morpholine rings is 1. The fourth-order valence-corrected chi connectivity index (χ4v) is 3.25. The van der Waals surface area contributed by atoms with Gasteiger partial charge in [0, 0.05) is 38.8 Å². The van der Waals surface area contributed by atoms with Crippen molar-refractivity contribution in [1.82, 2.24) is 15.5 Å². The summed E-state index contributed by atoms with van der Waals surface area (Å²) in [6, 6.07) is -0.247. The quantitative estimate of drug-likeness (QED) is 0.768. The van der Waals surface area contributed by atoms with Crippen LogP contribution in [-0.4, -0.2) is 74.5 Å². The summed E-state index contributed by atoms with van der Waals surface area (Å²) < 4.78 is 11.0. The van der Waals surface area contributed by atoms with E-state index in [1.807, 2.05) is 6.92 Å². The van der Waals surface area contributed by atoms with Gasteiger partial charge in [-0.1, -0.05) is 0 Å². The molecule has 2 aliphatic rings. The molecule has 0 aromatic rings. The third-order valence-electron chi connectivity index (χ3n) is 4.93. The monoisotopic (exact) mass is 313 g/mol. The first-order chi connectivity index (χ1) is 10.4. The van der Waals surface area contributed by atoms with Gasteiger partial charge in [-0.2, -0.15) is 0 Å². The average Bonchev–Trinajstić information content (AvgIpc) is 2.53. The molecule has 2 heterocycles. The molecule has 0 radical (unpaired) electrons. The van der Waals surface area contributed by atoms with E-state index >= 15 is 0 Å². The Hall–Kier alpha value is -0.690. The number of piperidine rings is 1. The van der Waals surface area contributed by atoms with Gasteiger partial charge < -0.3 is 20.1 Å². The normalized spacial score (nSPS) is 28.5. The van der Waals surface area contributed by atoms with Crippen molar-refractivity contribution in [3.63, 3.8) is 0 Å². The maximum absolute atomic E-state index is 12.3. The number of ether oxygens (including phenoxy) is 2. The van der Waals surface area contributed by atoms with Gasteiger partial charge in [0.15, 0.2) is 0 Å². The van der Waals surface area contributed by atoms with Crippen LogP contribution in [0.1, 0.15) is 33.6 Å². The van der Waals surface area contributed by atoms with Crippen molar-refractivity contribution in [1.29, 1.82) is 0 Å². The summed E-state index contributed by atoms with van der Waals surface area (Å²) in [5, 5.41) is 6.32. The van der Waals surface area contributed by atoms with Crippen LogP contribution in [0.4, 0.5) is 0 Å². The second-order valence-corrected chi connectivity index (χ2v) is 6.96. The Kier molecular flexibility index (Phi) is 6.20. The topological polar surface area (TPSA) is 62.8 Å². The van der Waals surface area contributed by atoms with Crippen LogP contribution in [0.5, 0.6) is 0 Å². The molecule has 0 spiro atoms. The van der Waals surface area contributed by atoms with E-state index in [4.69, 9.17) is 9.47 Å². The Morgan fingerprint density at radius 2 is 2.09 bits per heavy atom. The van der Waals surface area contributed by atoms with Crippen molar-refractivity contribution in [3.05, 3.63) is 0 Å². The predicted octanol–water partition coefficient (Wildman–Crippen LogP) is 0.369. The highest BCUT2D eigenvalue weighted by Crippen LogP contribution is 2.21. The molecule has 2 saturated heterocycles. The molecule has 0 aromatic heterocycles. The van der Waals surface area contributed by atoms with E-state index in [-0.39, 0.29) is 23.6 Å². The number of amides is 1. The van der Waals surface area contributed by atoms with E-state index in [9.17, 15) is 4.79 Å². The number of hydrogen-bond donors (Lipinski definition) is 2. The first-order valence-corrected chi connectivity index (χ1v) is 8.34. The van der Waals surface area contributed by atoms with Gasteiger partial charge in [0.25, 0.3) is 0 Å². The van der Waals surface area contributed by atoms with Crippen molar-refractivity contribution >= 4 is 5.91 Å². The van der Waals surface area contributed by atoms with Crippen LogP contribution in [0.15, 0.2) is 0 Å². The number of carbonyl (C=O) groups is 1. The van der Waals surface area contributed by atoms with Crippen molar-refractivity contribution in [2.75, 3.05) is 39.9 Å². The standard InChI is InChI=1S/C16H31N3O3/c1-12-14(17-7-10-22-12)15(20)18-11-16(2,3)19-8-5-13(21-4)6-9-19/h12-14,17H,5-11H2,1-4H3,(H,18,20)/t12-,14+/m1/s1. The van der Waals surface area contributed by atoms with Crippen LogP contribution in [0.25, 0.3) is 0 Å². The number of methoxy groups -OCH3 is 1. The minimum atomic E-state index is -0.247. The molecular weight excluding hydrogens is 282 g/mol. The highest BCUT2D eigenvalue weighted by molar-refractivity contribution is 5.82. The minimum Gasteiger partial charge on any atom is -0.381 e. The van der Waals surface area contributed by atoms with Crippen LogP contribution in [0.3, 0.4) is 0 Å². The summed E-state index contributed by atoms with van der Waals surface area (Å²) in [5.41, 5.74) is -0.0485. The molecule has 2 N–H and O–H groups in total. The van der Waals surface area contributed by atoms with E-state index in [1.54, 1.807) is 7.11 Å². The third-order valence-corrected chi connectivity index (χ3v) is 4.93. The Bertz CT molecular complexity index is 368. The van der Waals surface area contributed by atoms with Crippen molar-refractivity contribution in [2.45, 2.75) is 57.4 Å². The minimum absolute atomic E-state index is 0.0343. The van der Waals surface area contributed by atoms with Crippen molar-refractivity contribution in [3.8, 4) is 0 Å². The SMILES string of the molecule is COC1CCN(C(C)(C)CNC(=O)[C@H]2NCCO[C@@H]2C)CC1. The average molecular weight is 313 g/mol. The second kappa shape index (κ2) is 7.73. The molecule has 0 unspecified atom stereocenters. The number of nitrogens with one attached hydrogen (secondary N) is 2. The Morgan fingerprint density at radius 1 is 1.41 bits per heavy atom. The van der Waals surface area contributed by atoms with Gasteiger partial charge in [0.1, 0.15) is 6.04 Å². The van der Waals surface area contributed by atoms with Gasteiger partial charge in [-0.25, -0.2) is 0 Å². The lowest BCUT2D eigenvalue weighted by Crippen LogP contribution is -2.59. The van der Waals surface area contributed by atoms with Crippen molar-refractivity contribution < 1.29 is 14.3 Å². The molecule has 2 aliphatic heterocycles. The molecule has 0 aliphatic carbocycles. The van der Waals surface area contributed by atoms with E-state index in [0.717, 1.165) is 32.5 Å². The summed E-state index contributed by atoms with van der Waals surface area (Å²) in [4.78, 5) is 14.8. The van der Waals surface area contributed by atoms with Crippen LogP contribution >= 0.6 is 0 Å². The van der Waals surface area contributed by atoms with Gasteiger partial charge in [-0.15, -0.1) is 0 Å². The van der Waals surface area contributed by atoms with Crippen LogP contribution < -0.4 is 10.6 Å². The molecule has 2 rings (SSSR count). The third kappa shape index (κ3) is 4.41. The van der Waals surface area contributed by atoms with Crippen LogP contribution in [0.2, 0.25) is 0 Å². The Labute approximate surface area is 133 Å². The summed E-state index contributed by atoms with van der Waals surface area (Å²) in [5.74, 6) is 0.0343. The predicted molar refractivity (Wildman–Crippen MR) is 85.9 cm³/mol. The molecule has 1 amide bonds. The highest BCUT2D eigenvalue weighted by atomic mass is 16.5. The molecule has 2 atom stereocenters. The maximum Gasteiger partial charge on any atom is 0.239 e. The summed E-state index contributed by atoms with van der Waals surface area (Å²) >= 11 is 0. The van der Waals surface area contributed by atoms with Gasteiger partial charge in [-0.05, 0) is 33.6 Å². The first kappa shape index (κ1) is 17.7. The summed E-state index contributed by atoms with van der Waals surface area (Å²) in [6.07, 6.45) is 2.42. The fourth-order valence-electron chi connectivity index (χ4n) is 3.25. The lowest BCUT2D eigenvalue weighted by Gasteiger charge is -2.43. The lowest BCUT2D eigenvalue weighted by molar-refractivity contribution is -0.129. The number of hydrogen-bond acceptors (Lipinski definition) is 5. The zero-order valence-electron chi connectivity index (χ0n) is 14.4. The Morgan fingerprint density at radius 3 is 2.68 bits per heavy atom. The molecule has 128 valence electrons. The second-order valence-electron chi connectivity index (χ2n) is 6.96. The summed E-state index contributed by atoms with van der Waals surface area (Å²) in [6.45, 7) is 10.4. The van der Waals surface area contributed by atoms with E-state index in [0.29, 0.717) is 19.3 Å². The number of likely N-dealkylation sites (tertiary alicyclic amines) is 1. The van der Waals surface area contributed by atoms with Crippen molar-refractivity contribution in [2.24, 2.45) is 0 Å². The highest BCUT2D eigenvalue weighted by Gasteiger charge is 2.33. The van der Waals surface area contributed by atoms with Gasteiger partial charge in [0.2, 0.25) is 5.91 Å². The molecule has 0 aromatic carbocycles. The number of carbonyl (C=O) groups excluding carboxylic acids is 1. The smallest absolute Gasteiger partial charge is 0.239 e. The molecule has 6 heteroatoms. The van der Waals surface area contributed by atoms with Crippen LogP contribution in [-0.2, 0) is 14.3 Å². The van der Waals surface area contributed by atoms with E-state index < -0.39 is 0 Å². The van der Waals surface area contributed by atoms with E-state index in [2.05, 4.69) is 29.4 Å². The zero-order chi connectivity index (χ0) is 16.2. The molecule has 0 saturated carbocycles. The number of nitrogens with zero attached hydrogens (tertiary/aromatic N) is 1. The molecule has 6 nitrogen and oxygen atoms in total. The molecular formula is C16H31N3O3. The first-order valence-electron chi connectivity index (χ1n) is 8.34. The zero-order valence-corrected chi connectivity index (χ0v) is 14.4. The van der Waals surface area contributed by atoms with Gasteiger partial charge in [0.05, 0.1) is 18.8 Å². The largest absolute Gasteiger partial charge is 0.381 e. The lowest BCUT2D eigenvalue weighted by atomic mass is 9.97. The summed E-state index contributed by atoms with van der Waals surface area (Å²) in [7, 11) is 1.78. The molecule has 0 bridgehead atoms. The van der Waals surface area contributed by atoms with E-state index in [1.165, 1.54) is 0 Å².